The molecular formula is C20H18ClNO2S2. The molecule has 3 aromatic rings. The molecule has 1 aromatic heterocycles. The Morgan fingerprint density at radius 3 is 2.38 bits per heavy atom. The molecule has 0 bridgehead atoms. The normalized spacial score (nSPS) is 12.2. The maximum atomic E-state index is 13.2. The van der Waals surface area contributed by atoms with Crippen molar-refractivity contribution in [1.29, 1.82) is 0 Å². The molecule has 0 aliphatic rings. The fraction of sp³-hybridized carbons (Fsp3) is 0.100. The van der Waals surface area contributed by atoms with Crippen LogP contribution in [0.4, 0.5) is 0 Å². The lowest BCUT2D eigenvalue weighted by Gasteiger charge is -2.24. The lowest BCUT2D eigenvalue weighted by molar-refractivity contribution is 0.490. The fourth-order valence-corrected chi connectivity index (χ4v) is 4.84. The zero-order chi connectivity index (χ0) is 18.6. The molecule has 0 atom stereocenters. The lowest BCUT2D eigenvalue weighted by Crippen LogP contribution is -2.28. The molecule has 0 radical (unpaired) electrons. The Morgan fingerprint density at radius 2 is 1.77 bits per heavy atom. The molecule has 134 valence electrons. The van der Waals surface area contributed by atoms with E-state index in [9.17, 15) is 8.42 Å². The van der Waals surface area contributed by atoms with E-state index in [1.807, 2.05) is 54.1 Å². The minimum absolute atomic E-state index is 0.160. The second kappa shape index (κ2) is 8.08. The van der Waals surface area contributed by atoms with Crippen LogP contribution in [0.1, 0.15) is 16.7 Å². The monoisotopic (exact) mass is 403 g/mol. The number of benzene rings is 2. The van der Waals surface area contributed by atoms with E-state index in [0.29, 0.717) is 0 Å². The molecular weight excluding hydrogens is 386 g/mol. The van der Waals surface area contributed by atoms with Crippen LogP contribution in [0.25, 0.3) is 6.08 Å². The van der Waals surface area contributed by atoms with E-state index in [1.165, 1.54) is 15.6 Å². The smallest absolute Gasteiger partial charge is 0.251 e. The number of nitrogens with zero attached hydrogens (tertiary/aromatic N) is 1. The van der Waals surface area contributed by atoms with Crippen LogP contribution in [-0.4, -0.2) is 12.7 Å². The maximum absolute atomic E-state index is 13.2. The molecule has 0 saturated heterocycles. The van der Waals surface area contributed by atoms with Gasteiger partial charge < -0.3 is 0 Å². The van der Waals surface area contributed by atoms with E-state index in [2.05, 4.69) is 0 Å². The highest BCUT2D eigenvalue weighted by atomic mass is 35.5. The molecule has 6 heteroatoms. The minimum Gasteiger partial charge on any atom is -0.251 e. The van der Waals surface area contributed by atoms with Crippen LogP contribution < -0.4 is 0 Å². The van der Waals surface area contributed by atoms with Crippen molar-refractivity contribution >= 4 is 39.0 Å². The highest BCUT2D eigenvalue weighted by Crippen LogP contribution is 2.27. The van der Waals surface area contributed by atoms with E-state index >= 15 is 0 Å². The van der Waals surface area contributed by atoms with Crippen molar-refractivity contribution in [3.8, 4) is 0 Å². The molecule has 1 heterocycles. The first-order valence-electron chi connectivity index (χ1n) is 7.99. The summed E-state index contributed by atoms with van der Waals surface area (Å²) in [5.41, 5.74) is 2.73. The Morgan fingerprint density at radius 1 is 1.08 bits per heavy atom. The van der Waals surface area contributed by atoms with Gasteiger partial charge in [0, 0.05) is 0 Å². The van der Waals surface area contributed by atoms with Gasteiger partial charge >= 0.3 is 0 Å². The first kappa shape index (κ1) is 18.7. The molecule has 0 N–H and O–H groups in total. The second-order valence-corrected chi connectivity index (χ2v) is 8.86. The average Bonchev–Trinajstić information content (AvgIpc) is 3.13. The third kappa shape index (κ3) is 4.36. The largest absolute Gasteiger partial charge is 0.265 e. The van der Waals surface area contributed by atoms with Crippen molar-refractivity contribution in [2.24, 2.45) is 0 Å². The zero-order valence-electron chi connectivity index (χ0n) is 14.2. The third-order valence-corrected chi connectivity index (χ3v) is 6.73. The molecule has 3 rings (SSSR count). The maximum Gasteiger partial charge on any atom is 0.265 e. The van der Waals surface area contributed by atoms with Gasteiger partial charge in [-0.3, -0.25) is 4.31 Å². The standard InChI is InChI=1S/C20H18ClNO2S2/c1-16-7-9-19(10-8-16)26(23,24)22(14-17-5-3-2-4-6-17)20(21)13-18-11-12-25-15-18/h2-13,15H,14H2,1H3/b20-13-. The first-order chi connectivity index (χ1) is 12.5. The summed E-state index contributed by atoms with van der Waals surface area (Å²) in [5.74, 6) is 0. The molecule has 3 nitrogen and oxygen atoms in total. The number of hydrogen-bond acceptors (Lipinski definition) is 3. The van der Waals surface area contributed by atoms with Crippen molar-refractivity contribution in [1.82, 2.24) is 4.31 Å². The van der Waals surface area contributed by atoms with Gasteiger partial charge in [0.1, 0.15) is 5.16 Å². The highest BCUT2D eigenvalue weighted by Gasteiger charge is 2.26. The summed E-state index contributed by atoms with van der Waals surface area (Å²) >= 11 is 8.00. The van der Waals surface area contributed by atoms with Gasteiger partial charge in [0.15, 0.2) is 0 Å². The number of halogens is 1. The van der Waals surface area contributed by atoms with Crippen molar-refractivity contribution in [3.05, 3.63) is 93.3 Å². The topological polar surface area (TPSA) is 37.4 Å². The Balaban J connectivity index is 2.03. The summed E-state index contributed by atoms with van der Waals surface area (Å²) < 4.78 is 27.7. The van der Waals surface area contributed by atoms with Crippen molar-refractivity contribution in [2.45, 2.75) is 18.4 Å². The van der Waals surface area contributed by atoms with Crippen molar-refractivity contribution < 1.29 is 8.42 Å². The van der Waals surface area contributed by atoms with Gasteiger partial charge in [0.25, 0.3) is 10.0 Å². The third-order valence-electron chi connectivity index (χ3n) is 3.85. The van der Waals surface area contributed by atoms with E-state index in [4.69, 9.17) is 11.6 Å². The molecule has 0 aliphatic heterocycles. The summed E-state index contributed by atoms with van der Waals surface area (Å²) in [4.78, 5) is 0.218. The van der Waals surface area contributed by atoms with E-state index in [0.717, 1.165) is 16.7 Å². The van der Waals surface area contributed by atoms with Gasteiger partial charge in [-0.05, 0) is 53.1 Å². The van der Waals surface area contributed by atoms with Crippen LogP contribution in [0.3, 0.4) is 0 Å². The van der Waals surface area contributed by atoms with Crippen LogP contribution in [0, 0.1) is 6.92 Å². The van der Waals surface area contributed by atoms with Crippen LogP contribution in [-0.2, 0) is 16.6 Å². The summed E-state index contributed by atoms with van der Waals surface area (Å²) in [6.45, 7) is 2.08. The van der Waals surface area contributed by atoms with E-state index in [-0.39, 0.29) is 16.6 Å². The van der Waals surface area contributed by atoms with Crippen LogP contribution in [0.15, 0.2) is 81.5 Å². The van der Waals surface area contributed by atoms with Gasteiger partial charge in [-0.2, -0.15) is 11.3 Å². The van der Waals surface area contributed by atoms with Crippen LogP contribution >= 0.6 is 22.9 Å². The number of sulfonamides is 1. The summed E-state index contributed by atoms with van der Waals surface area (Å²) in [6.07, 6.45) is 1.67. The zero-order valence-corrected chi connectivity index (χ0v) is 16.6. The van der Waals surface area contributed by atoms with Crippen LogP contribution in [0.2, 0.25) is 0 Å². The predicted octanol–water partition coefficient (Wildman–Crippen LogP) is 5.48. The first-order valence-corrected chi connectivity index (χ1v) is 10.8. The van der Waals surface area contributed by atoms with E-state index in [1.54, 1.807) is 30.3 Å². The molecule has 2 aromatic carbocycles. The van der Waals surface area contributed by atoms with Gasteiger partial charge in [0.2, 0.25) is 0 Å². The van der Waals surface area contributed by atoms with E-state index < -0.39 is 10.0 Å². The Bertz CT molecular complexity index is 980. The molecule has 0 unspecified atom stereocenters. The summed E-state index contributed by atoms with van der Waals surface area (Å²) in [5, 5.41) is 4.00. The van der Waals surface area contributed by atoms with Gasteiger partial charge in [-0.25, -0.2) is 8.42 Å². The molecule has 26 heavy (non-hydrogen) atoms. The minimum atomic E-state index is -3.78. The van der Waals surface area contributed by atoms with Crippen molar-refractivity contribution in [2.75, 3.05) is 0 Å². The van der Waals surface area contributed by atoms with Crippen molar-refractivity contribution in [3.63, 3.8) is 0 Å². The summed E-state index contributed by atoms with van der Waals surface area (Å²) in [7, 11) is -3.78. The SMILES string of the molecule is Cc1ccc(S(=O)(=O)N(Cc2ccccc2)/C(Cl)=C\c2ccsc2)cc1. The average molecular weight is 404 g/mol. The quantitative estimate of drug-likeness (QED) is 0.510. The Hall–Kier alpha value is -2.08. The Kier molecular flexibility index (Phi) is 5.81. The highest BCUT2D eigenvalue weighted by molar-refractivity contribution is 7.89. The number of rotatable bonds is 6. The predicted molar refractivity (Wildman–Crippen MR) is 108 cm³/mol. The lowest BCUT2D eigenvalue weighted by atomic mass is 10.2. The van der Waals surface area contributed by atoms with Gasteiger partial charge in [0.05, 0.1) is 11.4 Å². The number of hydrogen-bond donors (Lipinski definition) is 0. The molecule has 0 fully saturated rings. The molecule has 0 spiro atoms. The number of thiophene rings is 1. The second-order valence-electron chi connectivity index (χ2n) is 5.83. The van der Waals surface area contributed by atoms with Crippen LogP contribution in [0.5, 0.6) is 0 Å². The molecule has 0 aliphatic carbocycles. The Labute approximate surface area is 163 Å². The summed E-state index contributed by atoms with van der Waals surface area (Å²) in [6, 6.07) is 18.1. The molecule has 0 amide bonds. The molecule has 0 saturated carbocycles. The van der Waals surface area contributed by atoms with Gasteiger partial charge in [-0.15, -0.1) is 0 Å². The number of aryl methyl sites for hydroxylation is 1. The fourth-order valence-electron chi connectivity index (χ4n) is 2.43. The van der Waals surface area contributed by atoms with Gasteiger partial charge in [-0.1, -0.05) is 59.6 Å².